The fourth-order valence-corrected chi connectivity index (χ4v) is 4.09. The number of morpholine rings is 1. The lowest BCUT2D eigenvalue weighted by atomic mass is 10.1. The van der Waals surface area contributed by atoms with Crippen molar-refractivity contribution in [3.63, 3.8) is 0 Å². The molecule has 0 radical (unpaired) electrons. The maximum Gasteiger partial charge on any atom is 0.242 e. The first kappa shape index (κ1) is 18.3. The second-order valence-corrected chi connectivity index (χ2v) is 7.79. The standard InChI is InChI=1S/C19H24ClN5O2/c1-12-6-18(21)25(23-12)10-19(26)22-15-7-16-11-27-17(9-24(16)8-15)13-2-4-14(20)5-3-13/h2-6,15-17H,7-11,21H2,1H3,(H,22,26)/t15-,16-,17+/m0/s1. The lowest BCUT2D eigenvalue weighted by Crippen LogP contribution is -2.43. The van der Waals surface area contributed by atoms with Gasteiger partial charge in [0.15, 0.2) is 0 Å². The summed E-state index contributed by atoms with van der Waals surface area (Å²) in [6.07, 6.45) is 0.937. The number of rotatable bonds is 4. The van der Waals surface area contributed by atoms with Crippen LogP contribution in [0.3, 0.4) is 0 Å². The highest BCUT2D eigenvalue weighted by atomic mass is 35.5. The number of ether oxygens (including phenoxy) is 1. The van der Waals surface area contributed by atoms with Gasteiger partial charge in [-0.1, -0.05) is 23.7 Å². The molecule has 0 saturated carbocycles. The number of halogens is 1. The van der Waals surface area contributed by atoms with E-state index in [2.05, 4.69) is 15.3 Å². The molecule has 1 aromatic carbocycles. The Labute approximate surface area is 163 Å². The molecule has 3 atom stereocenters. The molecule has 1 aromatic heterocycles. The summed E-state index contributed by atoms with van der Waals surface area (Å²) < 4.78 is 7.59. The summed E-state index contributed by atoms with van der Waals surface area (Å²) in [7, 11) is 0. The van der Waals surface area contributed by atoms with E-state index in [4.69, 9.17) is 22.1 Å². The van der Waals surface area contributed by atoms with Crippen molar-refractivity contribution in [3.05, 3.63) is 46.6 Å². The molecule has 1 amide bonds. The summed E-state index contributed by atoms with van der Waals surface area (Å²) in [6, 6.07) is 10.0. The minimum Gasteiger partial charge on any atom is -0.384 e. The average molecular weight is 390 g/mol. The SMILES string of the molecule is Cc1cc(N)n(CC(=O)N[C@H]2C[C@H]3CO[C@@H](c4ccc(Cl)cc4)CN3C2)n1. The Bertz CT molecular complexity index is 822. The maximum absolute atomic E-state index is 12.4. The number of nitrogen functional groups attached to an aromatic ring is 1. The van der Waals surface area contributed by atoms with Gasteiger partial charge >= 0.3 is 0 Å². The van der Waals surface area contributed by atoms with Gasteiger partial charge in [0.05, 0.1) is 18.4 Å². The number of nitrogens with two attached hydrogens (primary N) is 1. The summed E-state index contributed by atoms with van der Waals surface area (Å²) in [5, 5.41) is 8.08. The molecule has 0 bridgehead atoms. The summed E-state index contributed by atoms with van der Waals surface area (Å²) in [6.45, 7) is 4.33. The minimum atomic E-state index is -0.0650. The summed E-state index contributed by atoms with van der Waals surface area (Å²) in [5.74, 6) is 0.440. The third kappa shape index (κ3) is 4.10. The number of fused-ring (bicyclic) bond motifs is 1. The molecule has 2 saturated heterocycles. The molecule has 144 valence electrons. The van der Waals surface area contributed by atoms with Crippen LogP contribution in [0.5, 0.6) is 0 Å². The Morgan fingerprint density at radius 1 is 1.37 bits per heavy atom. The number of carbonyl (C=O) groups excluding carboxylic acids is 1. The highest BCUT2D eigenvalue weighted by molar-refractivity contribution is 6.30. The Kier molecular flexibility index (Phi) is 5.08. The van der Waals surface area contributed by atoms with Crippen LogP contribution >= 0.6 is 11.6 Å². The van der Waals surface area contributed by atoms with Gasteiger partial charge in [0.1, 0.15) is 12.4 Å². The molecule has 8 heteroatoms. The molecule has 0 spiro atoms. The van der Waals surface area contributed by atoms with Crippen LogP contribution in [0.2, 0.25) is 5.02 Å². The molecule has 0 aliphatic carbocycles. The van der Waals surface area contributed by atoms with Gasteiger partial charge in [-0.15, -0.1) is 0 Å². The monoisotopic (exact) mass is 389 g/mol. The predicted molar refractivity (Wildman–Crippen MR) is 103 cm³/mol. The molecule has 2 aliphatic rings. The first-order valence-electron chi connectivity index (χ1n) is 9.18. The molecule has 7 nitrogen and oxygen atoms in total. The van der Waals surface area contributed by atoms with Gasteiger partial charge in [0.25, 0.3) is 0 Å². The van der Waals surface area contributed by atoms with Gasteiger partial charge in [-0.25, -0.2) is 4.68 Å². The quantitative estimate of drug-likeness (QED) is 0.832. The highest BCUT2D eigenvalue weighted by Crippen LogP contribution is 2.30. The van der Waals surface area contributed by atoms with E-state index in [9.17, 15) is 4.79 Å². The normalized spacial score (nSPS) is 25.3. The van der Waals surface area contributed by atoms with Crippen LogP contribution in [0.4, 0.5) is 5.82 Å². The van der Waals surface area contributed by atoms with Crippen LogP contribution in [0.15, 0.2) is 30.3 Å². The van der Waals surface area contributed by atoms with Crippen LogP contribution < -0.4 is 11.1 Å². The van der Waals surface area contributed by atoms with E-state index < -0.39 is 0 Å². The number of hydrogen-bond acceptors (Lipinski definition) is 5. The number of hydrogen-bond donors (Lipinski definition) is 2. The first-order valence-corrected chi connectivity index (χ1v) is 9.56. The number of aryl methyl sites for hydroxylation is 1. The van der Waals surface area contributed by atoms with Gasteiger partial charge in [0.2, 0.25) is 5.91 Å². The van der Waals surface area contributed by atoms with Crippen LogP contribution in [0, 0.1) is 6.92 Å². The lowest BCUT2D eigenvalue weighted by molar-refractivity contribution is -0.122. The topological polar surface area (TPSA) is 85.4 Å². The van der Waals surface area contributed by atoms with Crippen LogP contribution in [-0.4, -0.2) is 52.4 Å². The summed E-state index contributed by atoms with van der Waals surface area (Å²) in [4.78, 5) is 14.8. The van der Waals surface area contributed by atoms with Crippen molar-refractivity contribution in [2.45, 2.75) is 38.1 Å². The van der Waals surface area contributed by atoms with Gasteiger partial charge in [-0.2, -0.15) is 5.10 Å². The number of anilines is 1. The number of nitrogens with one attached hydrogen (secondary N) is 1. The molecule has 2 fully saturated rings. The summed E-state index contributed by atoms with van der Waals surface area (Å²) in [5.41, 5.74) is 7.80. The average Bonchev–Trinajstić information content (AvgIpc) is 3.16. The largest absolute Gasteiger partial charge is 0.384 e. The molecule has 4 rings (SSSR count). The maximum atomic E-state index is 12.4. The van der Waals surface area contributed by atoms with E-state index in [-0.39, 0.29) is 24.6 Å². The van der Waals surface area contributed by atoms with E-state index in [1.165, 1.54) is 4.68 Å². The summed E-state index contributed by atoms with van der Waals surface area (Å²) >= 11 is 5.97. The van der Waals surface area contributed by atoms with Crippen molar-refractivity contribution in [1.82, 2.24) is 20.0 Å². The van der Waals surface area contributed by atoms with Gasteiger partial charge in [0, 0.05) is 36.3 Å². The molecule has 0 unspecified atom stereocenters. The Morgan fingerprint density at radius 2 is 2.15 bits per heavy atom. The molecule has 27 heavy (non-hydrogen) atoms. The van der Waals surface area contributed by atoms with Crippen molar-refractivity contribution in [2.75, 3.05) is 25.4 Å². The van der Waals surface area contributed by atoms with E-state index >= 15 is 0 Å². The minimum absolute atomic E-state index is 0.0415. The fourth-order valence-electron chi connectivity index (χ4n) is 3.96. The van der Waals surface area contributed by atoms with Crippen LogP contribution in [0.1, 0.15) is 23.8 Å². The van der Waals surface area contributed by atoms with Crippen molar-refractivity contribution >= 4 is 23.3 Å². The number of carbonyl (C=O) groups is 1. The zero-order valence-corrected chi connectivity index (χ0v) is 16.0. The molecule has 2 aliphatic heterocycles. The van der Waals surface area contributed by atoms with E-state index in [1.54, 1.807) is 6.07 Å². The third-order valence-corrected chi connectivity index (χ3v) is 5.50. The predicted octanol–water partition coefficient (Wildman–Crippen LogP) is 1.76. The third-order valence-electron chi connectivity index (χ3n) is 5.25. The second kappa shape index (κ2) is 7.50. The highest BCUT2D eigenvalue weighted by Gasteiger charge is 2.38. The van der Waals surface area contributed by atoms with Crippen LogP contribution in [0.25, 0.3) is 0 Å². The molecule has 2 aromatic rings. The van der Waals surface area contributed by atoms with Crippen molar-refractivity contribution in [3.8, 4) is 0 Å². The van der Waals surface area contributed by atoms with Gasteiger partial charge < -0.3 is 15.8 Å². The Morgan fingerprint density at radius 3 is 2.85 bits per heavy atom. The number of nitrogens with zero attached hydrogens (tertiary/aromatic N) is 3. The molecule has 3 N–H and O–H groups in total. The fraction of sp³-hybridized carbons (Fsp3) is 0.474. The molecular formula is C19H24ClN5O2. The molecule has 3 heterocycles. The van der Waals surface area contributed by atoms with Crippen molar-refractivity contribution in [2.24, 2.45) is 0 Å². The zero-order chi connectivity index (χ0) is 19.0. The zero-order valence-electron chi connectivity index (χ0n) is 15.3. The number of benzene rings is 1. The Hall–Kier alpha value is -2.09. The van der Waals surface area contributed by atoms with E-state index in [0.29, 0.717) is 18.5 Å². The first-order chi connectivity index (χ1) is 13.0. The smallest absolute Gasteiger partial charge is 0.242 e. The number of amides is 1. The van der Waals surface area contributed by atoms with Crippen molar-refractivity contribution < 1.29 is 9.53 Å². The number of aromatic nitrogens is 2. The van der Waals surface area contributed by atoms with Crippen molar-refractivity contribution in [1.29, 1.82) is 0 Å². The molecular weight excluding hydrogens is 366 g/mol. The van der Waals surface area contributed by atoms with Gasteiger partial charge in [-0.3, -0.25) is 9.69 Å². The lowest BCUT2D eigenvalue weighted by Gasteiger charge is -2.35. The van der Waals surface area contributed by atoms with E-state index in [1.807, 2.05) is 31.2 Å². The second-order valence-electron chi connectivity index (χ2n) is 7.35. The van der Waals surface area contributed by atoms with Crippen LogP contribution in [-0.2, 0) is 16.1 Å². The van der Waals surface area contributed by atoms with Gasteiger partial charge in [-0.05, 0) is 31.0 Å². The van der Waals surface area contributed by atoms with E-state index in [0.717, 1.165) is 35.8 Å². The Balaban J connectivity index is 1.32.